The first-order valence-corrected chi connectivity index (χ1v) is 8.25. The second kappa shape index (κ2) is 7.21. The molecule has 25 heavy (non-hydrogen) atoms. The molecule has 0 aliphatic carbocycles. The van der Waals surface area contributed by atoms with Crippen LogP contribution in [0, 0.1) is 6.92 Å². The maximum atomic E-state index is 12.4. The highest BCUT2D eigenvalue weighted by atomic mass is 35.5. The maximum Gasteiger partial charge on any atom is 0.291 e. The number of benzene rings is 2. The van der Waals surface area contributed by atoms with Gasteiger partial charge in [0.25, 0.3) is 5.91 Å². The lowest BCUT2D eigenvalue weighted by Crippen LogP contribution is -2.11. The van der Waals surface area contributed by atoms with E-state index in [1.807, 2.05) is 13.0 Å². The summed E-state index contributed by atoms with van der Waals surface area (Å²) in [5, 5.41) is 3.86. The second-order valence-electron chi connectivity index (χ2n) is 5.38. The molecule has 0 fully saturated rings. The third kappa shape index (κ3) is 3.65. The SMILES string of the molecule is COc1ccc(-c2ccc(C(=O)Nc3cccc(Cl)c3C)o2)cc1Cl. The minimum Gasteiger partial charge on any atom is -0.495 e. The van der Waals surface area contributed by atoms with Crippen LogP contribution in [0.25, 0.3) is 11.3 Å². The topological polar surface area (TPSA) is 51.5 Å². The third-order valence-corrected chi connectivity index (χ3v) is 4.49. The molecule has 1 amide bonds. The number of carbonyl (C=O) groups is 1. The predicted molar refractivity (Wildman–Crippen MR) is 99.8 cm³/mol. The highest BCUT2D eigenvalue weighted by Gasteiger charge is 2.15. The number of anilines is 1. The van der Waals surface area contributed by atoms with Crippen molar-refractivity contribution < 1.29 is 13.9 Å². The first kappa shape index (κ1) is 17.4. The summed E-state index contributed by atoms with van der Waals surface area (Å²) in [6.45, 7) is 1.84. The van der Waals surface area contributed by atoms with Crippen molar-refractivity contribution >= 4 is 34.8 Å². The van der Waals surface area contributed by atoms with E-state index in [4.69, 9.17) is 32.4 Å². The molecule has 1 heterocycles. The average molecular weight is 376 g/mol. The number of carbonyl (C=O) groups excluding carboxylic acids is 1. The lowest BCUT2D eigenvalue weighted by Gasteiger charge is -2.08. The number of rotatable bonds is 4. The van der Waals surface area contributed by atoms with E-state index in [1.165, 1.54) is 0 Å². The summed E-state index contributed by atoms with van der Waals surface area (Å²) in [5.41, 5.74) is 2.19. The highest BCUT2D eigenvalue weighted by molar-refractivity contribution is 6.32. The molecule has 3 aromatic rings. The molecular formula is C19H15Cl2NO3. The molecule has 128 valence electrons. The van der Waals surface area contributed by atoms with E-state index in [0.29, 0.717) is 27.2 Å². The lowest BCUT2D eigenvalue weighted by atomic mass is 10.1. The van der Waals surface area contributed by atoms with Crippen molar-refractivity contribution in [3.05, 3.63) is 69.9 Å². The smallest absolute Gasteiger partial charge is 0.291 e. The number of amides is 1. The van der Waals surface area contributed by atoms with E-state index in [0.717, 1.165) is 11.1 Å². The number of ether oxygens (including phenoxy) is 1. The van der Waals surface area contributed by atoms with Gasteiger partial charge in [-0.1, -0.05) is 29.3 Å². The number of hydrogen-bond donors (Lipinski definition) is 1. The molecule has 0 radical (unpaired) electrons. The zero-order chi connectivity index (χ0) is 18.0. The van der Waals surface area contributed by atoms with E-state index in [1.54, 1.807) is 49.6 Å². The highest BCUT2D eigenvalue weighted by Crippen LogP contribution is 2.31. The Bertz CT molecular complexity index is 934. The summed E-state index contributed by atoms with van der Waals surface area (Å²) >= 11 is 12.2. The van der Waals surface area contributed by atoms with Gasteiger partial charge in [0.2, 0.25) is 0 Å². The van der Waals surface area contributed by atoms with Crippen molar-refractivity contribution in [2.45, 2.75) is 6.92 Å². The van der Waals surface area contributed by atoms with Crippen LogP contribution in [0.1, 0.15) is 16.1 Å². The Morgan fingerprint density at radius 1 is 1.08 bits per heavy atom. The van der Waals surface area contributed by atoms with Gasteiger partial charge in [0.1, 0.15) is 11.5 Å². The van der Waals surface area contributed by atoms with Gasteiger partial charge in [0.15, 0.2) is 5.76 Å². The molecule has 4 nitrogen and oxygen atoms in total. The van der Waals surface area contributed by atoms with Crippen LogP contribution in [0.3, 0.4) is 0 Å². The number of halogens is 2. The second-order valence-corrected chi connectivity index (χ2v) is 6.19. The van der Waals surface area contributed by atoms with Crippen LogP contribution in [0.4, 0.5) is 5.69 Å². The van der Waals surface area contributed by atoms with Gasteiger partial charge in [-0.15, -0.1) is 0 Å². The monoisotopic (exact) mass is 375 g/mol. The number of methoxy groups -OCH3 is 1. The van der Waals surface area contributed by atoms with Crippen LogP contribution in [0.5, 0.6) is 5.75 Å². The molecule has 0 saturated carbocycles. The number of hydrogen-bond acceptors (Lipinski definition) is 3. The molecule has 0 aliphatic rings. The van der Waals surface area contributed by atoms with E-state index >= 15 is 0 Å². The molecule has 0 spiro atoms. The van der Waals surface area contributed by atoms with E-state index in [-0.39, 0.29) is 11.7 Å². The van der Waals surface area contributed by atoms with Gasteiger partial charge in [0.05, 0.1) is 12.1 Å². The molecule has 0 aliphatic heterocycles. The lowest BCUT2D eigenvalue weighted by molar-refractivity contribution is 0.0997. The summed E-state index contributed by atoms with van der Waals surface area (Å²) in [6, 6.07) is 13.9. The molecule has 0 saturated heterocycles. The van der Waals surface area contributed by atoms with Crippen molar-refractivity contribution in [1.29, 1.82) is 0 Å². The van der Waals surface area contributed by atoms with Crippen molar-refractivity contribution in [2.24, 2.45) is 0 Å². The molecule has 0 unspecified atom stereocenters. The molecule has 1 aromatic heterocycles. The Kier molecular flexibility index (Phi) is 5.02. The van der Waals surface area contributed by atoms with Crippen LogP contribution in [0.15, 0.2) is 52.9 Å². The van der Waals surface area contributed by atoms with Gasteiger partial charge in [0, 0.05) is 16.3 Å². The van der Waals surface area contributed by atoms with E-state index in [2.05, 4.69) is 5.32 Å². The number of nitrogens with one attached hydrogen (secondary N) is 1. The zero-order valence-corrected chi connectivity index (χ0v) is 15.1. The molecule has 0 atom stereocenters. The maximum absolute atomic E-state index is 12.4. The van der Waals surface area contributed by atoms with E-state index in [9.17, 15) is 4.79 Å². The molecule has 2 aromatic carbocycles. The fourth-order valence-electron chi connectivity index (χ4n) is 2.36. The Balaban J connectivity index is 1.82. The molecule has 6 heteroatoms. The number of furan rings is 1. The van der Waals surface area contributed by atoms with Gasteiger partial charge < -0.3 is 14.5 Å². The summed E-state index contributed by atoms with van der Waals surface area (Å²) in [6.07, 6.45) is 0. The van der Waals surface area contributed by atoms with Crippen molar-refractivity contribution in [3.63, 3.8) is 0 Å². The normalized spacial score (nSPS) is 10.6. The van der Waals surface area contributed by atoms with Gasteiger partial charge in [-0.05, 0) is 55.0 Å². The fourth-order valence-corrected chi connectivity index (χ4v) is 2.79. The molecular weight excluding hydrogens is 361 g/mol. The van der Waals surface area contributed by atoms with Crippen molar-refractivity contribution in [2.75, 3.05) is 12.4 Å². The van der Waals surface area contributed by atoms with Gasteiger partial charge in [-0.25, -0.2) is 0 Å². The third-order valence-electron chi connectivity index (χ3n) is 3.78. The average Bonchev–Trinajstić information content (AvgIpc) is 3.09. The van der Waals surface area contributed by atoms with Crippen molar-refractivity contribution in [1.82, 2.24) is 0 Å². The molecule has 0 bridgehead atoms. The zero-order valence-electron chi connectivity index (χ0n) is 13.6. The van der Waals surface area contributed by atoms with Gasteiger partial charge in [-0.3, -0.25) is 4.79 Å². The Morgan fingerprint density at radius 2 is 1.88 bits per heavy atom. The summed E-state index contributed by atoms with van der Waals surface area (Å²) in [7, 11) is 1.55. The van der Waals surface area contributed by atoms with Crippen molar-refractivity contribution in [3.8, 4) is 17.1 Å². The minimum absolute atomic E-state index is 0.196. The fraction of sp³-hybridized carbons (Fsp3) is 0.105. The van der Waals surface area contributed by atoms with Crippen LogP contribution in [0.2, 0.25) is 10.0 Å². The quantitative estimate of drug-likeness (QED) is 0.624. The first-order valence-electron chi connectivity index (χ1n) is 7.50. The molecule has 3 rings (SSSR count). The minimum atomic E-state index is -0.351. The molecule has 1 N–H and O–H groups in total. The first-order chi connectivity index (χ1) is 12.0. The largest absolute Gasteiger partial charge is 0.495 e. The van der Waals surface area contributed by atoms with Crippen LogP contribution in [-0.2, 0) is 0 Å². The summed E-state index contributed by atoms with van der Waals surface area (Å²) < 4.78 is 10.8. The van der Waals surface area contributed by atoms with E-state index < -0.39 is 0 Å². The van der Waals surface area contributed by atoms with Crippen LogP contribution >= 0.6 is 23.2 Å². The Hall–Kier alpha value is -2.43. The summed E-state index contributed by atoms with van der Waals surface area (Å²) in [4.78, 5) is 12.4. The van der Waals surface area contributed by atoms with Crippen LogP contribution < -0.4 is 10.1 Å². The van der Waals surface area contributed by atoms with Gasteiger partial charge >= 0.3 is 0 Å². The standard InChI is InChI=1S/C19H15Cl2NO3/c1-11-13(20)4-3-5-15(11)22-19(23)18-9-8-16(25-18)12-6-7-17(24-2)14(21)10-12/h3-10H,1-2H3,(H,22,23). The predicted octanol–water partition coefficient (Wildman–Crippen LogP) is 5.82. The van der Waals surface area contributed by atoms with Gasteiger partial charge in [-0.2, -0.15) is 0 Å². The summed E-state index contributed by atoms with van der Waals surface area (Å²) in [5.74, 6) is 0.960. The van der Waals surface area contributed by atoms with Crippen LogP contribution in [-0.4, -0.2) is 13.0 Å². The Morgan fingerprint density at radius 3 is 2.60 bits per heavy atom. The Labute approximate surface area is 155 Å².